The fraction of sp³-hybridized carbons (Fsp3) is 0.250. The Balaban J connectivity index is 0.00000659. The maximum atomic E-state index is 12.4. The van der Waals surface area contributed by atoms with Gasteiger partial charge in [0.15, 0.2) is 0 Å². The number of hydrogen-bond donors (Lipinski definition) is 1. The van der Waals surface area contributed by atoms with E-state index in [0.717, 1.165) is 89.2 Å². The van der Waals surface area contributed by atoms with E-state index in [0.29, 0.717) is 11.4 Å². The third-order valence-electron chi connectivity index (χ3n) is 14.4. The van der Waals surface area contributed by atoms with Crippen LogP contribution in [-0.2, 0) is 26.5 Å². The molecule has 9 aromatic rings. The Morgan fingerprint density at radius 2 is 1.22 bits per heavy atom. The molecule has 352 valence electrons. The van der Waals surface area contributed by atoms with Crippen molar-refractivity contribution in [3.8, 4) is 78.6 Å². The zero-order chi connectivity index (χ0) is 49.0. The monoisotopic (exact) mass is 1090 g/mol. The van der Waals surface area contributed by atoms with Gasteiger partial charge in [-0.25, -0.2) is 4.98 Å². The molecule has 1 N–H and O–H groups in total. The predicted octanol–water partition coefficient (Wildman–Crippen LogP) is 17.6. The molecule has 69 heavy (non-hydrogen) atoms. The van der Waals surface area contributed by atoms with Crippen molar-refractivity contribution >= 4 is 11.0 Å². The number of imidazole rings is 1. The summed E-state index contributed by atoms with van der Waals surface area (Å²) < 4.78 is 10.8. The van der Waals surface area contributed by atoms with Crippen molar-refractivity contribution in [2.24, 2.45) is 5.41 Å². The van der Waals surface area contributed by atoms with Gasteiger partial charge in [0.05, 0.1) is 22.3 Å². The summed E-state index contributed by atoms with van der Waals surface area (Å²) in [6.45, 7) is 24.1. The van der Waals surface area contributed by atoms with Crippen molar-refractivity contribution in [2.75, 3.05) is 0 Å². The van der Waals surface area contributed by atoms with Gasteiger partial charge in [-0.3, -0.25) is 9.55 Å². The van der Waals surface area contributed by atoms with Gasteiger partial charge in [-0.15, -0.1) is 23.8 Å². The second-order valence-corrected chi connectivity index (χ2v) is 20.8. The average molecular weight is 1090 g/mol. The van der Waals surface area contributed by atoms with Crippen molar-refractivity contribution in [3.63, 3.8) is 0 Å². The Morgan fingerprint density at radius 3 is 1.86 bits per heavy atom. The number of rotatable bonds is 11. The SMILES string of the molecule is [2H]C(C)(C)c1ccc(-c2ccnc(-c3[c-]c(-c4cccc5c4nc(-c4cc(C(C)C)cc(C(C)C)c4O)n5-c4ccc(C(C)(C)C(C)(C)C)cc4-c4ccccc4)cc(-c4ccccc4)c3)c2)cc1.[Pt]. The molecule has 2 aromatic heterocycles. The van der Waals surface area contributed by atoms with Crippen LogP contribution < -0.4 is 0 Å². The minimum absolute atomic E-state index is 0. The number of phenolic OH excluding ortho intramolecular Hbond substituents is 1. The molecule has 0 aliphatic carbocycles. The van der Waals surface area contributed by atoms with Gasteiger partial charge in [0.2, 0.25) is 0 Å². The molecular weight excluding hydrogens is 1020 g/mol. The normalized spacial score (nSPS) is 12.4. The smallest absolute Gasteiger partial charge is 0.148 e. The number of fused-ring (bicyclic) bond motifs is 1. The van der Waals surface area contributed by atoms with Crippen molar-refractivity contribution in [3.05, 3.63) is 192 Å². The number of aromatic hydroxyl groups is 1. The summed E-state index contributed by atoms with van der Waals surface area (Å²) in [4.78, 5) is 10.6. The topological polar surface area (TPSA) is 50.9 Å². The van der Waals surface area contributed by atoms with Gasteiger partial charge in [0.25, 0.3) is 0 Å². The first-order valence-corrected chi connectivity index (χ1v) is 24.1. The van der Waals surface area contributed by atoms with Crippen LogP contribution in [0.25, 0.3) is 83.9 Å². The molecular formula is C64H64N3OPt-. The van der Waals surface area contributed by atoms with Crippen LogP contribution in [-0.4, -0.2) is 19.6 Å². The van der Waals surface area contributed by atoms with Gasteiger partial charge in [-0.1, -0.05) is 208 Å². The quantitative estimate of drug-likeness (QED) is 0.131. The van der Waals surface area contributed by atoms with Gasteiger partial charge >= 0.3 is 0 Å². The first-order valence-electron chi connectivity index (χ1n) is 24.6. The molecule has 0 spiro atoms. The molecule has 4 nitrogen and oxygen atoms in total. The summed E-state index contributed by atoms with van der Waals surface area (Å²) in [5, 5.41) is 12.4. The molecule has 0 bridgehead atoms. The van der Waals surface area contributed by atoms with Gasteiger partial charge in [-0.2, -0.15) is 0 Å². The molecule has 0 saturated heterocycles. The van der Waals surface area contributed by atoms with E-state index < -0.39 is 5.89 Å². The van der Waals surface area contributed by atoms with Crippen LogP contribution in [0.3, 0.4) is 0 Å². The van der Waals surface area contributed by atoms with Crippen LogP contribution in [0.4, 0.5) is 0 Å². The molecule has 0 unspecified atom stereocenters. The number of phenols is 1. The molecule has 2 heterocycles. The van der Waals surface area contributed by atoms with Crippen LogP contribution in [0.2, 0.25) is 0 Å². The molecule has 0 atom stereocenters. The summed E-state index contributed by atoms with van der Waals surface area (Å²) in [6.07, 6.45) is 1.87. The second-order valence-electron chi connectivity index (χ2n) is 20.8. The van der Waals surface area contributed by atoms with E-state index in [2.05, 4.69) is 206 Å². The maximum Gasteiger partial charge on any atom is 0.148 e. The number of pyridine rings is 1. The van der Waals surface area contributed by atoms with E-state index in [1.807, 2.05) is 44.3 Å². The standard InChI is InChI=1S/C64H64N3O.Pt/c1-40(2)43-25-27-45(28-26-43)47-31-32-65-57(38-47)51-34-49(44-19-14-12-15-20-44)33-50(35-51)53-23-18-24-59-60(53)66-62(56-37-48(41(3)4)36-54(42(5)6)61(56)68)67(59)58-30-29-52(64(10,11)63(7,8)9)39-55(58)46-21-16-13-17-22-46;/h12-34,36-42,68H,1-11H3;/q-1;/i40D;. The predicted molar refractivity (Wildman–Crippen MR) is 287 cm³/mol. The van der Waals surface area contributed by atoms with E-state index in [4.69, 9.17) is 11.3 Å². The van der Waals surface area contributed by atoms with Crippen molar-refractivity contribution in [1.82, 2.24) is 14.5 Å². The molecule has 5 heteroatoms. The Labute approximate surface area is 426 Å². The number of hydrogen-bond acceptors (Lipinski definition) is 3. The zero-order valence-electron chi connectivity index (χ0n) is 42.8. The summed E-state index contributed by atoms with van der Waals surface area (Å²) in [5.74, 6) is 0.559. The first kappa shape index (κ1) is 47.7. The number of nitrogens with zero attached hydrogens (tertiary/aromatic N) is 3. The molecule has 0 amide bonds. The fourth-order valence-electron chi connectivity index (χ4n) is 9.17. The van der Waals surface area contributed by atoms with Crippen molar-refractivity contribution < 1.29 is 27.5 Å². The van der Waals surface area contributed by atoms with Gasteiger partial charge in [-0.05, 0) is 103 Å². The summed E-state index contributed by atoms with van der Waals surface area (Å²) >= 11 is 0. The molecule has 0 aliphatic heterocycles. The minimum atomic E-state index is -0.682. The molecule has 9 rings (SSSR count). The maximum absolute atomic E-state index is 12.4. The average Bonchev–Trinajstić information content (AvgIpc) is 3.73. The molecule has 0 radical (unpaired) electrons. The number of para-hydroxylation sites is 1. The Morgan fingerprint density at radius 1 is 0.565 bits per heavy atom. The Hall–Kier alpha value is -6.35. The van der Waals surface area contributed by atoms with Crippen molar-refractivity contribution in [1.29, 1.82) is 0 Å². The largest absolute Gasteiger partial charge is 0.507 e. The first-order chi connectivity index (χ1) is 32.8. The van der Waals surface area contributed by atoms with Crippen LogP contribution in [0.1, 0.15) is 118 Å². The summed E-state index contributed by atoms with van der Waals surface area (Å²) in [5.41, 5.74) is 17.4. The minimum Gasteiger partial charge on any atom is -0.507 e. The third-order valence-corrected chi connectivity index (χ3v) is 14.4. The van der Waals surface area contributed by atoms with E-state index >= 15 is 0 Å². The van der Waals surface area contributed by atoms with E-state index in [-0.39, 0.29) is 49.5 Å². The van der Waals surface area contributed by atoms with E-state index in [1.165, 1.54) is 5.56 Å². The Kier molecular flexibility index (Phi) is 13.5. The van der Waals surface area contributed by atoms with Gasteiger partial charge < -0.3 is 5.11 Å². The summed E-state index contributed by atoms with van der Waals surface area (Å²) in [6, 6.07) is 59.4. The van der Waals surface area contributed by atoms with E-state index in [1.54, 1.807) is 0 Å². The molecule has 0 saturated carbocycles. The number of benzene rings is 7. The van der Waals surface area contributed by atoms with Crippen LogP contribution in [0, 0.1) is 11.5 Å². The number of aromatic nitrogens is 3. The van der Waals surface area contributed by atoms with Crippen LogP contribution >= 0.6 is 0 Å². The molecule has 7 aromatic carbocycles. The van der Waals surface area contributed by atoms with Gasteiger partial charge in [0, 0.05) is 39.9 Å². The summed E-state index contributed by atoms with van der Waals surface area (Å²) in [7, 11) is 0. The molecule has 0 aliphatic rings. The zero-order valence-corrected chi connectivity index (χ0v) is 44.1. The molecule has 0 fully saturated rings. The van der Waals surface area contributed by atoms with E-state index in [9.17, 15) is 5.11 Å². The van der Waals surface area contributed by atoms with Gasteiger partial charge in [0.1, 0.15) is 11.6 Å². The third kappa shape index (κ3) is 9.54. The van der Waals surface area contributed by atoms with Crippen molar-refractivity contribution in [2.45, 2.75) is 99.3 Å². The fourth-order valence-corrected chi connectivity index (χ4v) is 9.17. The van der Waals surface area contributed by atoms with Crippen LogP contribution in [0.5, 0.6) is 5.75 Å². The van der Waals surface area contributed by atoms with Crippen LogP contribution in [0.15, 0.2) is 164 Å². The Bertz CT molecular complexity index is 3320. The second kappa shape index (κ2) is 19.6.